The van der Waals surface area contributed by atoms with Crippen LogP contribution in [0.15, 0.2) is 34.8 Å². The molecule has 4 nitrogen and oxygen atoms in total. The zero-order valence-corrected chi connectivity index (χ0v) is 13.0. The van der Waals surface area contributed by atoms with Gasteiger partial charge in [-0.05, 0) is 30.5 Å². The highest BCUT2D eigenvalue weighted by molar-refractivity contribution is 9.10. The zero-order chi connectivity index (χ0) is 14.1. The molecular formula is C15H17BrN4. The lowest BCUT2D eigenvalue weighted by atomic mass is 10.2. The maximum Gasteiger partial charge on any atom is 0.136 e. The number of benzene rings is 1. The lowest BCUT2D eigenvalue weighted by molar-refractivity contribution is 0.857. The number of nitrogens with zero attached hydrogens (tertiary/aromatic N) is 3. The van der Waals surface area contributed by atoms with Gasteiger partial charge in [0.1, 0.15) is 17.5 Å². The molecule has 1 heterocycles. The van der Waals surface area contributed by atoms with Crippen LogP contribution in [0.1, 0.15) is 30.1 Å². The Morgan fingerprint density at radius 3 is 2.60 bits per heavy atom. The van der Waals surface area contributed by atoms with E-state index in [1.807, 2.05) is 25.2 Å². The number of anilines is 2. The van der Waals surface area contributed by atoms with Gasteiger partial charge in [-0.1, -0.05) is 28.1 Å². The van der Waals surface area contributed by atoms with Gasteiger partial charge in [-0.25, -0.2) is 9.97 Å². The van der Waals surface area contributed by atoms with Crippen molar-refractivity contribution in [2.45, 2.75) is 25.3 Å². The normalized spacial score (nSPS) is 14.3. The monoisotopic (exact) mass is 332 g/mol. The molecule has 0 atom stereocenters. The highest BCUT2D eigenvalue weighted by atomic mass is 79.9. The Balaban J connectivity index is 1.79. The molecule has 0 amide bonds. The first-order chi connectivity index (χ1) is 9.61. The smallest absolute Gasteiger partial charge is 0.136 e. The number of nitrogens with two attached hydrogens (primary N) is 1. The lowest BCUT2D eigenvalue weighted by Gasteiger charge is -2.19. The molecule has 1 saturated carbocycles. The molecule has 104 valence electrons. The van der Waals surface area contributed by atoms with Crippen molar-refractivity contribution in [3.8, 4) is 0 Å². The maximum absolute atomic E-state index is 5.89. The van der Waals surface area contributed by atoms with Gasteiger partial charge < -0.3 is 10.6 Å². The third-order valence-corrected chi connectivity index (χ3v) is 3.94. The quantitative estimate of drug-likeness (QED) is 0.932. The Labute approximate surface area is 127 Å². The Morgan fingerprint density at radius 2 is 1.95 bits per heavy atom. The van der Waals surface area contributed by atoms with Crippen molar-refractivity contribution in [1.29, 1.82) is 0 Å². The minimum absolute atomic E-state index is 0.512. The van der Waals surface area contributed by atoms with E-state index in [0.717, 1.165) is 22.7 Å². The first-order valence-electron chi connectivity index (χ1n) is 6.72. The van der Waals surface area contributed by atoms with E-state index in [1.54, 1.807) is 0 Å². The van der Waals surface area contributed by atoms with Crippen molar-refractivity contribution in [3.63, 3.8) is 0 Å². The van der Waals surface area contributed by atoms with Crippen molar-refractivity contribution in [2.75, 3.05) is 17.7 Å². The van der Waals surface area contributed by atoms with Gasteiger partial charge in [0.15, 0.2) is 0 Å². The van der Waals surface area contributed by atoms with E-state index >= 15 is 0 Å². The zero-order valence-electron chi connectivity index (χ0n) is 11.4. The number of halogens is 1. The summed E-state index contributed by atoms with van der Waals surface area (Å²) in [6, 6.07) is 10.1. The van der Waals surface area contributed by atoms with Crippen LogP contribution in [0.25, 0.3) is 0 Å². The number of nitrogen functional groups attached to an aromatic ring is 1. The van der Waals surface area contributed by atoms with Gasteiger partial charge in [-0.2, -0.15) is 0 Å². The molecule has 1 aliphatic carbocycles. The molecule has 20 heavy (non-hydrogen) atoms. The van der Waals surface area contributed by atoms with E-state index in [0.29, 0.717) is 11.7 Å². The second kappa shape index (κ2) is 5.40. The minimum Gasteiger partial charge on any atom is -0.384 e. The van der Waals surface area contributed by atoms with Crippen molar-refractivity contribution in [2.24, 2.45) is 0 Å². The van der Waals surface area contributed by atoms with Crippen LogP contribution in [0.5, 0.6) is 0 Å². The molecule has 1 aliphatic rings. The number of hydrogen-bond acceptors (Lipinski definition) is 4. The first-order valence-corrected chi connectivity index (χ1v) is 7.51. The van der Waals surface area contributed by atoms with E-state index in [-0.39, 0.29) is 0 Å². The summed E-state index contributed by atoms with van der Waals surface area (Å²) in [6.45, 7) is 0.799. The fraction of sp³-hybridized carbons (Fsp3) is 0.333. The predicted molar refractivity (Wildman–Crippen MR) is 84.7 cm³/mol. The van der Waals surface area contributed by atoms with Crippen LogP contribution in [0.3, 0.4) is 0 Å². The predicted octanol–water partition coefficient (Wildman–Crippen LogP) is 3.34. The third-order valence-electron chi connectivity index (χ3n) is 3.42. The summed E-state index contributed by atoms with van der Waals surface area (Å²) in [5.41, 5.74) is 7.13. The Hall–Kier alpha value is -1.62. The molecule has 0 aliphatic heterocycles. The molecule has 0 spiro atoms. The van der Waals surface area contributed by atoms with Gasteiger partial charge in [-0.3, -0.25) is 0 Å². The fourth-order valence-corrected chi connectivity index (χ4v) is 2.40. The molecule has 0 saturated heterocycles. The molecule has 2 N–H and O–H groups in total. The summed E-state index contributed by atoms with van der Waals surface area (Å²) in [5, 5.41) is 0. The van der Waals surface area contributed by atoms with Gasteiger partial charge in [0.2, 0.25) is 0 Å². The van der Waals surface area contributed by atoms with Crippen LogP contribution < -0.4 is 10.6 Å². The van der Waals surface area contributed by atoms with Crippen molar-refractivity contribution in [3.05, 3.63) is 46.2 Å². The van der Waals surface area contributed by atoms with Gasteiger partial charge >= 0.3 is 0 Å². The third kappa shape index (κ3) is 3.10. The van der Waals surface area contributed by atoms with Gasteiger partial charge in [0.25, 0.3) is 0 Å². The molecule has 1 aromatic carbocycles. The summed E-state index contributed by atoms with van der Waals surface area (Å²) < 4.78 is 1.09. The van der Waals surface area contributed by atoms with E-state index in [1.165, 1.54) is 18.4 Å². The second-order valence-corrected chi connectivity index (χ2v) is 6.18. The molecule has 1 fully saturated rings. The van der Waals surface area contributed by atoms with Crippen molar-refractivity contribution < 1.29 is 0 Å². The van der Waals surface area contributed by atoms with Crippen LogP contribution >= 0.6 is 15.9 Å². The SMILES string of the molecule is CN(Cc1ccc(Br)cc1)c1cc(N)nc(C2CC2)n1. The van der Waals surface area contributed by atoms with Crippen LogP contribution in [0, 0.1) is 0 Å². The van der Waals surface area contributed by atoms with Gasteiger partial charge in [0.05, 0.1) is 0 Å². The summed E-state index contributed by atoms with van der Waals surface area (Å²) in [7, 11) is 2.03. The Bertz CT molecular complexity index is 608. The fourth-order valence-electron chi connectivity index (χ4n) is 2.14. The maximum atomic E-state index is 5.89. The van der Waals surface area contributed by atoms with E-state index in [2.05, 4.69) is 42.9 Å². The van der Waals surface area contributed by atoms with Crippen molar-refractivity contribution in [1.82, 2.24) is 9.97 Å². The first kappa shape index (κ1) is 13.4. The largest absolute Gasteiger partial charge is 0.384 e. The molecule has 3 rings (SSSR count). The summed E-state index contributed by atoms with van der Waals surface area (Å²) in [4.78, 5) is 11.1. The molecule has 2 aromatic rings. The molecular weight excluding hydrogens is 316 g/mol. The number of rotatable bonds is 4. The summed E-state index contributed by atoms with van der Waals surface area (Å²) in [6.07, 6.45) is 2.36. The van der Waals surface area contributed by atoms with Crippen molar-refractivity contribution >= 4 is 27.6 Å². The topological polar surface area (TPSA) is 55.0 Å². The van der Waals surface area contributed by atoms with Crippen LogP contribution in [-0.2, 0) is 6.54 Å². The number of hydrogen-bond donors (Lipinski definition) is 1. The highest BCUT2D eigenvalue weighted by Gasteiger charge is 2.27. The van der Waals surface area contributed by atoms with Gasteiger partial charge in [0, 0.05) is 30.0 Å². The molecule has 0 unspecified atom stereocenters. The second-order valence-electron chi connectivity index (χ2n) is 5.27. The summed E-state index contributed by atoms with van der Waals surface area (Å²) >= 11 is 3.45. The van der Waals surface area contributed by atoms with Crippen LogP contribution in [0.4, 0.5) is 11.6 Å². The van der Waals surface area contributed by atoms with E-state index in [4.69, 9.17) is 5.73 Å². The average Bonchev–Trinajstić information content (AvgIpc) is 3.25. The molecule has 5 heteroatoms. The standard InChI is InChI=1S/C15H17BrN4/c1-20(9-10-2-6-12(16)7-3-10)14-8-13(17)18-15(19-14)11-4-5-11/h2-3,6-8,11H,4-5,9H2,1H3,(H2,17,18,19). The van der Waals surface area contributed by atoms with Crippen LogP contribution in [-0.4, -0.2) is 17.0 Å². The van der Waals surface area contributed by atoms with Crippen LogP contribution in [0.2, 0.25) is 0 Å². The summed E-state index contributed by atoms with van der Waals surface area (Å²) in [5.74, 6) is 2.85. The van der Waals surface area contributed by atoms with Gasteiger partial charge in [-0.15, -0.1) is 0 Å². The minimum atomic E-state index is 0.512. The lowest BCUT2D eigenvalue weighted by Crippen LogP contribution is -2.19. The van der Waals surface area contributed by atoms with E-state index in [9.17, 15) is 0 Å². The highest BCUT2D eigenvalue weighted by Crippen LogP contribution is 2.38. The number of aromatic nitrogens is 2. The molecule has 0 radical (unpaired) electrons. The Morgan fingerprint density at radius 1 is 1.25 bits per heavy atom. The average molecular weight is 333 g/mol. The van der Waals surface area contributed by atoms with E-state index < -0.39 is 0 Å². The molecule has 1 aromatic heterocycles. The molecule has 0 bridgehead atoms. The Kier molecular flexibility index (Phi) is 3.61.